The maximum Gasteiger partial charge on any atom is 0.359 e. The summed E-state index contributed by atoms with van der Waals surface area (Å²) < 4.78 is 7.17. The highest BCUT2D eigenvalue weighted by molar-refractivity contribution is 5.89. The van der Waals surface area contributed by atoms with Crippen LogP contribution in [0.5, 0.6) is 0 Å². The van der Waals surface area contributed by atoms with E-state index in [9.17, 15) is 4.79 Å². The summed E-state index contributed by atoms with van der Waals surface area (Å²) in [5.74, 6) is 0.462. The van der Waals surface area contributed by atoms with E-state index >= 15 is 0 Å². The largest absolute Gasteiger partial charge is 0.461 e. The van der Waals surface area contributed by atoms with Gasteiger partial charge in [-0.05, 0) is 25.7 Å². The van der Waals surface area contributed by atoms with Crippen LogP contribution in [0.15, 0.2) is 0 Å². The topological polar surface area (TPSA) is 56.1 Å². The first-order chi connectivity index (χ1) is 9.29. The van der Waals surface area contributed by atoms with Crippen LogP contribution in [0.25, 0.3) is 0 Å². The fraction of sp³-hybridized carbons (Fsp3) is 0.714. The molecule has 0 spiro atoms. The normalized spacial score (nSPS) is 17.9. The Kier molecular flexibility index (Phi) is 5.05. The number of rotatable bonds is 4. The van der Waals surface area contributed by atoms with Crippen molar-refractivity contribution in [2.75, 3.05) is 13.2 Å². The second-order valence-electron chi connectivity index (χ2n) is 5.40. The van der Waals surface area contributed by atoms with Gasteiger partial charge in [0.15, 0.2) is 5.69 Å². The van der Waals surface area contributed by atoms with Gasteiger partial charge in [-0.3, -0.25) is 4.68 Å². The van der Waals surface area contributed by atoms with Crippen molar-refractivity contribution in [1.82, 2.24) is 15.1 Å². The second-order valence-corrected chi connectivity index (χ2v) is 5.40. The van der Waals surface area contributed by atoms with Gasteiger partial charge in [0.1, 0.15) is 0 Å². The van der Waals surface area contributed by atoms with Crippen LogP contribution in [0, 0.1) is 5.92 Å². The van der Waals surface area contributed by atoms with Crippen LogP contribution in [0.4, 0.5) is 0 Å². The average Bonchev–Trinajstić information content (AvgIpc) is 2.73. The van der Waals surface area contributed by atoms with Crippen molar-refractivity contribution in [3.05, 3.63) is 17.0 Å². The molecule has 5 nitrogen and oxygen atoms in total. The number of carbonyl (C=O) groups is 1. The summed E-state index contributed by atoms with van der Waals surface area (Å²) in [6.45, 7) is 4.88. The van der Waals surface area contributed by atoms with Gasteiger partial charge >= 0.3 is 5.97 Å². The summed E-state index contributed by atoms with van der Waals surface area (Å²) >= 11 is 0. The molecule has 0 amide bonds. The fourth-order valence-corrected chi connectivity index (χ4v) is 2.85. The first kappa shape index (κ1) is 15.3. The van der Waals surface area contributed by atoms with Crippen molar-refractivity contribution in [2.24, 2.45) is 5.92 Å². The van der Waals surface area contributed by atoms with E-state index in [1.165, 1.54) is 25.0 Å². The minimum Gasteiger partial charge on any atom is -0.461 e. The van der Waals surface area contributed by atoms with Crippen molar-refractivity contribution >= 4 is 18.4 Å². The molecule has 1 N–H and O–H groups in total. The molecular formula is C14H22ClN3O2. The number of aromatic nitrogens is 2. The van der Waals surface area contributed by atoms with Gasteiger partial charge < -0.3 is 10.1 Å². The van der Waals surface area contributed by atoms with Gasteiger partial charge in [-0.1, -0.05) is 6.42 Å². The molecule has 20 heavy (non-hydrogen) atoms. The third-order valence-corrected chi connectivity index (χ3v) is 4.13. The molecule has 2 heterocycles. The molecule has 1 aromatic rings. The van der Waals surface area contributed by atoms with Gasteiger partial charge in [0, 0.05) is 37.3 Å². The zero-order valence-corrected chi connectivity index (χ0v) is 12.7. The second kappa shape index (κ2) is 6.59. The highest BCUT2D eigenvalue weighted by Crippen LogP contribution is 2.29. The van der Waals surface area contributed by atoms with Crippen LogP contribution in [-0.2, 0) is 24.2 Å². The predicted molar refractivity (Wildman–Crippen MR) is 78.2 cm³/mol. The van der Waals surface area contributed by atoms with Crippen molar-refractivity contribution in [1.29, 1.82) is 0 Å². The number of fused-ring (bicyclic) bond motifs is 1. The highest BCUT2D eigenvalue weighted by Gasteiger charge is 2.27. The molecule has 1 aliphatic carbocycles. The van der Waals surface area contributed by atoms with Crippen LogP contribution in [0.3, 0.4) is 0 Å². The van der Waals surface area contributed by atoms with Gasteiger partial charge in [0.25, 0.3) is 0 Å². The van der Waals surface area contributed by atoms with Crippen molar-refractivity contribution in [3.8, 4) is 0 Å². The SMILES string of the molecule is CCOC(=O)c1nn(CC2CCC2)c2c1CNCC2.Cl. The number of ether oxygens (including phenoxy) is 1. The Morgan fingerprint density at radius 3 is 2.95 bits per heavy atom. The molecule has 112 valence electrons. The Morgan fingerprint density at radius 2 is 2.30 bits per heavy atom. The number of hydrogen-bond donors (Lipinski definition) is 1. The number of carbonyl (C=O) groups excluding carboxylic acids is 1. The Bertz CT molecular complexity index is 483. The van der Waals surface area contributed by atoms with Crippen LogP contribution >= 0.6 is 12.4 Å². The van der Waals surface area contributed by atoms with E-state index in [2.05, 4.69) is 15.1 Å². The van der Waals surface area contributed by atoms with Crippen molar-refractivity contribution < 1.29 is 9.53 Å². The van der Waals surface area contributed by atoms with Crippen molar-refractivity contribution in [3.63, 3.8) is 0 Å². The van der Waals surface area contributed by atoms with E-state index in [0.717, 1.165) is 37.5 Å². The van der Waals surface area contributed by atoms with Crippen LogP contribution < -0.4 is 5.32 Å². The highest BCUT2D eigenvalue weighted by atomic mass is 35.5. The minimum absolute atomic E-state index is 0. The summed E-state index contributed by atoms with van der Waals surface area (Å²) in [6, 6.07) is 0. The summed E-state index contributed by atoms with van der Waals surface area (Å²) in [7, 11) is 0. The molecule has 0 saturated heterocycles. The Labute approximate surface area is 125 Å². The van der Waals surface area contributed by atoms with E-state index in [1.54, 1.807) is 0 Å². The maximum atomic E-state index is 12.0. The lowest BCUT2D eigenvalue weighted by Gasteiger charge is -2.26. The third kappa shape index (κ3) is 2.83. The zero-order valence-electron chi connectivity index (χ0n) is 11.9. The minimum atomic E-state index is -0.283. The molecule has 1 aliphatic heterocycles. The molecule has 1 saturated carbocycles. The maximum absolute atomic E-state index is 12.0. The van der Waals surface area contributed by atoms with Gasteiger partial charge in [0.05, 0.1) is 6.61 Å². The molecule has 1 fully saturated rings. The molecule has 0 radical (unpaired) electrons. The van der Waals surface area contributed by atoms with Gasteiger partial charge in [-0.25, -0.2) is 4.79 Å². The summed E-state index contributed by atoms with van der Waals surface area (Å²) in [6.07, 6.45) is 4.87. The van der Waals surface area contributed by atoms with E-state index < -0.39 is 0 Å². The van der Waals surface area contributed by atoms with Crippen LogP contribution in [-0.4, -0.2) is 28.9 Å². The first-order valence-corrected chi connectivity index (χ1v) is 7.26. The van der Waals surface area contributed by atoms with E-state index in [0.29, 0.717) is 12.3 Å². The van der Waals surface area contributed by atoms with E-state index in [4.69, 9.17) is 4.74 Å². The van der Waals surface area contributed by atoms with Gasteiger partial charge in [0.2, 0.25) is 0 Å². The lowest BCUT2D eigenvalue weighted by Crippen LogP contribution is -2.27. The Balaban J connectivity index is 0.00000147. The monoisotopic (exact) mass is 299 g/mol. The van der Waals surface area contributed by atoms with E-state index in [-0.39, 0.29) is 18.4 Å². The molecule has 2 aliphatic rings. The van der Waals surface area contributed by atoms with E-state index in [1.807, 2.05) is 6.92 Å². The molecule has 0 bridgehead atoms. The molecule has 1 aromatic heterocycles. The van der Waals surface area contributed by atoms with Gasteiger partial charge in [-0.2, -0.15) is 5.10 Å². The summed E-state index contributed by atoms with van der Waals surface area (Å²) in [5, 5.41) is 7.85. The zero-order chi connectivity index (χ0) is 13.2. The Morgan fingerprint density at radius 1 is 1.50 bits per heavy atom. The number of nitrogens with zero attached hydrogens (tertiary/aromatic N) is 2. The molecule has 0 unspecified atom stereocenters. The number of hydrogen-bond acceptors (Lipinski definition) is 4. The molecular weight excluding hydrogens is 278 g/mol. The molecule has 3 rings (SSSR count). The fourth-order valence-electron chi connectivity index (χ4n) is 2.85. The lowest BCUT2D eigenvalue weighted by molar-refractivity contribution is 0.0516. The number of halogens is 1. The van der Waals surface area contributed by atoms with Crippen LogP contribution in [0.1, 0.15) is 47.9 Å². The Hall–Kier alpha value is -1.07. The summed E-state index contributed by atoms with van der Waals surface area (Å²) in [5.41, 5.74) is 2.79. The third-order valence-electron chi connectivity index (χ3n) is 4.13. The molecule has 0 atom stereocenters. The number of nitrogens with one attached hydrogen (secondary N) is 1. The predicted octanol–water partition coefficient (Wildman–Crippen LogP) is 1.93. The average molecular weight is 300 g/mol. The molecule has 0 aromatic carbocycles. The number of esters is 1. The first-order valence-electron chi connectivity index (χ1n) is 7.26. The summed E-state index contributed by atoms with van der Waals surface area (Å²) in [4.78, 5) is 12.0. The smallest absolute Gasteiger partial charge is 0.359 e. The van der Waals surface area contributed by atoms with Crippen LogP contribution in [0.2, 0.25) is 0 Å². The standard InChI is InChI=1S/C14H21N3O2.ClH/c1-2-19-14(18)13-11-8-15-7-6-12(11)17(16-13)9-10-4-3-5-10;/h10,15H,2-9H2,1H3;1H. The van der Waals surface area contributed by atoms with Crippen molar-refractivity contribution in [2.45, 2.75) is 45.7 Å². The van der Waals surface area contributed by atoms with Gasteiger partial charge in [-0.15, -0.1) is 12.4 Å². The lowest BCUT2D eigenvalue weighted by atomic mass is 9.85. The molecule has 6 heteroatoms. The quantitative estimate of drug-likeness (QED) is 0.863.